The minimum Gasteiger partial charge on any atom is -0.384 e. The Kier molecular flexibility index (Phi) is 4.93. The first kappa shape index (κ1) is 15.5. The van der Waals surface area contributed by atoms with Crippen LogP contribution in [0.15, 0.2) is 53.7 Å². The highest BCUT2D eigenvalue weighted by molar-refractivity contribution is 7.89. The number of hydrogen-bond acceptors (Lipinski definition) is 4. The van der Waals surface area contributed by atoms with E-state index in [-0.39, 0.29) is 0 Å². The quantitative estimate of drug-likeness (QED) is 0.886. The Balaban J connectivity index is 2.11. The molecule has 0 radical (unpaired) electrons. The van der Waals surface area contributed by atoms with Crippen molar-refractivity contribution in [3.05, 3.63) is 54.4 Å². The molecule has 2 aromatic rings. The zero-order valence-corrected chi connectivity index (χ0v) is 13.0. The summed E-state index contributed by atoms with van der Waals surface area (Å²) in [4.78, 5) is 4.35. The minimum absolute atomic E-state index is 0.293. The molecule has 0 spiro atoms. The van der Waals surface area contributed by atoms with Crippen LogP contribution in [0.2, 0.25) is 0 Å². The molecule has 0 aliphatic carbocycles. The van der Waals surface area contributed by atoms with Crippen LogP contribution in [0.4, 0.5) is 5.69 Å². The topological polar surface area (TPSA) is 62.3 Å². The van der Waals surface area contributed by atoms with Crippen molar-refractivity contribution in [1.29, 1.82) is 0 Å². The number of anilines is 1. The van der Waals surface area contributed by atoms with Gasteiger partial charge in [-0.15, -0.1) is 0 Å². The maximum Gasteiger partial charge on any atom is 0.244 e. The van der Waals surface area contributed by atoms with Crippen LogP contribution in [-0.4, -0.2) is 38.3 Å². The molecule has 1 N–H and O–H groups in total. The average molecular weight is 305 g/mol. The number of sulfonamides is 1. The number of para-hydroxylation sites is 1. The Morgan fingerprint density at radius 1 is 1.14 bits per heavy atom. The van der Waals surface area contributed by atoms with Crippen molar-refractivity contribution in [3.8, 4) is 0 Å². The molecule has 1 aromatic heterocycles. The predicted molar refractivity (Wildman–Crippen MR) is 83.7 cm³/mol. The van der Waals surface area contributed by atoms with Gasteiger partial charge < -0.3 is 5.32 Å². The second-order valence-corrected chi connectivity index (χ2v) is 6.94. The van der Waals surface area contributed by atoms with Crippen LogP contribution in [0.5, 0.6) is 0 Å². The Morgan fingerprint density at radius 2 is 1.90 bits per heavy atom. The van der Waals surface area contributed by atoms with E-state index < -0.39 is 10.0 Å². The Bertz CT molecular complexity index is 685. The monoisotopic (exact) mass is 305 g/mol. The molecule has 0 saturated carbocycles. The van der Waals surface area contributed by atoms with Gasteiger partial charge in [0.15, 0.2) is 0 Å². The summed E-state index contributed by atoms with van der Waals surface area (Å²) in [6.07, 6.45) is 4.32. The van der Waals surface area contributed by atoms with Gasteiger partial charge in [-0.25, -0.2) is 12.7 Å². The third-order valence-corrected chi connectivity index (χ3v) is 4.97. The molecule has 0 fully saturated rings. The number of benzene rings is 1. The fraction of sp³-hybridized carbons (Fsp3) is 0.267. The van der Waals surface area contributed by atoms with Crippen molar-refractivity contribution in [2.75, 3.05) is 26.0 Å². The van der Waals surface area contributed by atoms with Crippen molar-refractivity contribution < 1.29 is 8.42 Å². The molecule has 2 rings (SSSR count). The smallest absolute Gasteiger partial charge is 0.244 e. The SMILES string of the molecule is CN(C)S(=O)(=O)c1ccccc1NCCc1cccnc1. The summed E-state index contributed by atoms with van der Waals surface area (Å²) in [6, 6.07) is 10.8. The summed E-state index contributed by atoms with van der Waals surface area (Å²) < 4.78 is 25.7. The summed E-state index contributed by atoms with van der Waals surface area (Å²) in [7, 11) is -0.385. The third-order valence-electron chi connectivity index (χ3n) is 3.10. The van der Waals surface area contributed by atoms with E-state index >= 15 is 0 Å². The second-order valence-electron chi connectivity index (χ2n) is 4.82. The lowest BCUT2D eigenvalue weighted by Gasteiger charge is -2.16. The fourth-order valence-electron chi connectivity index (χ4n) is 1.92. The highest BCUT2D eigenvalue weighted by Gasteiger charge is 2.20. The zero-order valence-electron chi connectivity index (χ0n) is 12.2. The first-order valence-corrected chi connectivity index (χ1v) is 8.10. The van der Waals surface area contributed by atoms with E-state index in [4.69, 9.17) is 0 Å². The highest BCUT2D eigenvalue weighted by atomic mass is 32.2. The van der Waals surface area contributed by atoms with Gasteiger partial charge in [-0.1, -0.05) is 18.2 Å². The molecule has 0 atom stereocenters. The van der Waals surface area contributed by atoms with Crippen LogP contribution in [0.3, 0.4) is 0 Å². The van der Waals surface area contributed by atoms with Gasteiger partial charge in [0.1, 0.15) is 4.90 Å². The first-order valence-electron chi connectivity index (χ1n) is 6.66. The largest absolute Gasteiger partial charge is 0.384 e. The number of aromatic nitrogens is 1. The van der Waals surface area contributed by atoms with Crippen LogP contribution in [0.25, 0.3) is 0 Å². The summed E-state index contributed by atoms with van der Waals surface area (Å²) in [5.41, 5.74) is 1.73. The summed E-state index contributed by atoms with van der Waals surface area (Å²) in [5.74, 6) is 0. The lowest BCUT2D eigenvalue weighted by Crippen LogP contribution is -2.23. The van der Waals surface area contributed by atoms with E-state index in [1.165, 1.54) is 18.4 Å². The van der Waals surface area contributed by atoms with Crippen molar-refractivity contribution in [2.24, 2.45) is 0 Å². The predicted octanol–water partition coefficient (Wildman–Crippen LogP) is 1.99. The molecule has 1 aromatic carbocycles. The maximum absolute atomic E-state index is 12.3. The van der Waals surface area contributed by atoms with Crippen molar-refractivity contribution in [1.82, 2.24) is 9.29 Å². The van der Waals surface area contributed by atoms with Gasteiger partial charge in [-0.05, 0) is 30.2 Å². The Hall–Kier alpha value is -1.92. The van der Waals surface area contributed by atoms with Crippen LogP contribution in [0, 0.1) is 0 Å². The van der Waals surface area contributed by atoms with Gasteiger partial charge in [0.2, 0.25) is 10.0 Å². The number of nitrogens with zero attached hydrogens (tertiary/aromatic N) is 2. The van der Waals surface area contributed by atoms with E-state index in [1.807, 2.05) is 24.4 Å². The van der Waals surface area contributed by atoms with Crippen molar-refractivity contribution in [3.63, 3.8) is 0 Å². The van der Waals surface area contributed by atoms with Crippen LogP contribution in [-0.2, 0) is 16.4 Å². The normalized spacial score (nSPS) is 11.6. The standard InChI is InChI=1S/C15H19N3O2S/c1-18(2)21(19,20)15-8-4-3-7-14(15)17-11-9-13-6-5-10-16-12-13/h3-8,10,12,17H,9,11H2,1-2H3. The number of hydrogen-bond donors (Lipinski definition) is 1. The van der Waals surface area contributed by atoms with Crippen molar-refractivity contribution in [2.45, 2.75) is 11.3 Å². The molecular weight excluding hydrogens is 286 g/mol. The number of rotatable bonds is 6. The summed E-state index contributed by atoms with van der Waals surface area (Å²) >= 11 is 0. The molecule has 0 unspecified atom stereocenters. The Morgan fingerprint density at radius 3 is 2.57 bits per heavy atom. The summed E-state index contributed by atoms with van der Waals surface area (Å²) in [6.45, 7) is 0.644. The third kappa shape index (κ3) is 3.80. The highest BCUT2D eigenvalue weighted by Crippen LogP contribution is 2.22. The molecule has 0 amide bonds. The van der Waals surface area contributed by atoms with Crippen LogP contribution < -0.4 is 5.32 Å². The van der Waals surface area contributed by atoms with E-state index in [1.54, 1.807) is 24.4 Å². The van der Waals surface area contributed by atoms with Crippen molar-refractivity contribution >= 4 is 15.7 Å². The second kappa shape index (κ2) is 6.69. The average Bonchev–Trinajstić information content (AvgIpc) is 2.48. The van der Waals surface area contributed by atoms with Crippen LogP contribution in [0.1, 0.15) is 5.56 Å². The van der Waals surface area contributed by atoms with Gasteiger partial charge in [0, 0.05) is 33.0 Å². The first-order chi connectivity index (χ1) is 10.0. The molecule has 0 aliphatic rings. The molecular formula is C15H19N3O2S. The zero-order chi connectivity index (χ0) is 15.3. The molecule has 0 saturated heterocycles. The summed E-state index contributed by atoms with van der Waals surface area (Å²) in [5, 5.41) is 3.19. The maximum atomic E-state index is 12.3. The van der Waals surface area contributed by atoms with E-state index in [2.05, 4.69) is 10.3 Å². The molecule has 21 heavy (non-hydrogen) atoms. The van der Waals surface area contributed by atoms with Gasteiger partial charge in [0.05, 0.1) is 5.69 Å². The molecule has 6 heteroatoms. The minimum atomic E-state index is -3.44. The number of nitrogens with one attached hydrogen (secondary N) is 1. The van der Waals surface area contributed by atoms with Gasteiger partial charge in [-0.3, -0.25) is 4.98 Å². The van der Waals surface area contributed by atoms with Crippen LogP contribution >= 0.6 is 0 Å². The van der Waals surface area contributed by atoms with E-state index in [9.17, 15) is 8.42 Å². The van der Waals surface area contributed by atoms with E-state index in [0.717, 1.165) is 12.0 Å². The molecule has 0 aliphatic heterocycles. The molecule has 5 nitrogen and oxygen atoms in total. The van der Waals surface area contributed by atoms with E-state index in [0.29, 0.717) is 17.1 Å². The molecule has 112 valence electrons. The van der Waals surface area contributed by atoms with Gasteiger partial charge >= 0.3 is 0 Å². The Labute approximate surface area is 125 Å². The van der Waals surface area contributed by atoms with Gasteiger partial charge in [-0.2, -0.15) is 0 Å². The number of pyridine rings is 1. The molecule has 0 bridgehead atoms. The lowest BCUT2D eigenvalue weighted by atomic mass is 10.2. The molecule has 1 heterocycles. The van der Waals surface area contributed by atoms with Gasteiger partial charge in [0.25, 0.3) is 0 Å². The lowest BCUT2D eigenvalue weighted by molar-refractivity contribution is 0.521. The fourth-order valence-corrected chi connectivity index (χ4v) is 2.98.